The number of benzene rings is 1. The van der Waals surface area contributed by atoms with Gasteiger partial charge in [0.2, 0.25) is 5.91 Å². The summed E-state index contributed by atoms with van der Waals surface area (Å²) in [5.74, 6) is 0.539. The molecule has 3 N–H and O–H groups in total. The number of aliphatic hydroxyl groups is 1. The summed E-state index contributed by atoms with van der Waals surface area (Å²) in [6.45, 7) is 4.04. The molecule has 1 aromatic carbocycles. The number of hydrogen-bond donors (Lipinski definition) is 3. The lowest BCUT2D eigenvalue weighted by Crippen LogP contribution is -2.44. The summed E-state index contributed by atoms with van der Waals surface area (Å²) in [7, 11) is 1.57. The van der Waals surface area contributed by atoms with Gasteiger partial charge in [-0.1, -0.05) is 11.6 Å². The van der Waals surface area contributed by atoms with Crippen LogP contribution in [-0.2, 0) is 4.79 Å². The molecule has 2 atom stereocenters. The van der Waals surface area contributed by atoms with E-state index >= 15 is 0 Å². The molecule has 0 bridgehead atoms. The molecule has 0 aromatic heterocycles. The average molecular weight is 301 g/mol. The highest BCUT2D eigenvalue weighted by atomic mass is 35.5. The second-order valence-corrected chi connectivity index (χ2v) is 5.03. The van der Waals surface area contributed by atoms with Crippen LogP contribution in [0.4, 0.5) is 0 Å². The Bertz CT molecular complexity index is 454. The summed E-state index contributed by atoms with van der Waals surface area (Å²) >= 11 is 5.92. The van der Waals surface area contributed by atoms with E-state index in [0.29, 0.717) is 10.8 Å². The number of nitrogens with one attached hydrogen (secondary N) is 2. The van der Waals surface area contributed by atoms with Crippen LogP contribution < -0.4 is 15.4 Å². The molecule has 20 heavy (non-hydrogen) atoms. The van der Waals surface area contributed by atoms with Crippen molar-refractivity contribution >= 4 is 17.5 Å². The van der Waals surface area contributed by atoms with Crippen LogP contribution in [0.15, 0.2) is 18.2 Å². The number of aliphatic hydroxyl groups excluding tert-OH is 1. The van der Waals surface area contributed by atoms with Gasteiger partial charge < -0.3 is 20.5 Å². The molecule has 1 amide bonds. The van der Waals surface area contributed by atoms with Gasteiger partial charge in [0.1, 0.15) is 18.5 Å². The Morgan fingerprint density at radius 2 is 2.20 bits per heavy atom. The fourth-order valence-electron chi connectivity index (χ4n) is 1.58. The monoisotopic (exact) mass is 300 g/mol. The molecule has 6 heteroatoms. The minimum Gasteiger partial charge on any atom is -0.491 e. The van der Waals surface area contributed by atoms with Crippen LogP contribution >= 0.6 is 11.6 Å². The predicted octanol–water partition coefficient (Wildman–Crippen LogP) is 1.11. The molecule has 0 aliphatic heterocycles. The molecule has 1 rings (SSSR count). The van der Waals surface area contributed by atoms with Crippen LogP contribution in [0.5, 0.6) is 5.75 Å². The zero-order valence-electron chi connectivity index (χ0n) is 11.9. The summed E-state index contributed by atoms with van der Waals surface area (Å²) in [5, 5.41) is 15.9. The first-order valence-electron chi connectivity index (χ1n) is 6.46. The summed E-state index contributed by atoms with van der Waals surface area (Å²) in [5.41, 5.74) is 0.921. The van der Waals surface area contributed by atoms with Crippen molar-refractivity contribution in [1.29, 1.82) is 0 Å². The molecule has 0 radical (unpaired) electrons. The highest BCUT2D eigenvalue weighted by molar-refractivity contribution is 6.31. The molecule has 0 saturated carbocycles. The number of carbonyl (C=O) groups is 1. The lowest BCUT2D eigenvalue weighted by atomic mass is 10.2. The van der Waals surface area contributed by atoms with Crippen LogP contribution in [0.1, 0.15) is 12.5 Å². The molecule has 112 valence electrons. The van der Waals surface area contributed by atoms with E-state index in [2.05, 4.69) is 10.6 Å². The Kier molecular flexibility index (Phi) is 6.78. The summed E-state index contributed by atoms with van der Waals surface area (Å²) < 4.78 is 5.47. The number of rotatable bonds is 7. The lowest BCUT2D eigenvalue weighted by Gasteiger charge is -2.16. The minimum absolute atomic E-state index is 0.119. The highest BCUT2D eigenvalue weighted by Crippen LogP contribution is 2.20. The van der Waals surface area contributed by atoms with Crippen molar-refractivity contribution < 1.29 is 14.6 Å². The zero-order chi connectivity index (χ0) is 15.1. The molecular formula is C14H21ClN2O3. The standard InChI is InChI=1S/C14H21ClN2O3/c1-9-6-12(4-5-13(9)15)20-8-11(18)7-17-10(2)14(19)16-3/h4-6,10-11,17-18H,7-8H2,1-3H3,(H,16,19). The van der Waals surface area contributed by atoms with Gasteiger partial charge >= 0.3 is 0 Å². The van der Waals surface area contributed by atoms with E-state index in [4.69, 9.17) is 16.3 Å². The molecule has 0 fully saturated rings. The van der Waals surface area contributed by atoms with Gasteiger partial charge in [-0.3, -0.25) is 4.79 Å². The third-order valence-electron chi connectivity index (χ3n) is 2.87. The van der Waals surface area contributed by atoms with Crippen molar-refractivity contribution in [3.8, 4) is 5.75 Å². The van der Waals surface area contributed by atoms with E-state index in [-0.39, 0.29) is 25.1 Å². The van der Waals surface area contributed by atoms with Crippen molar-refractivity contribution in [3.63, 3.8) is 0 Å². The van der Waals surface area contributed by atoms with Gasteiger partial charge in [0.25, 0.3) is 0 Å². The average Bonchev–Trinajstić information content (AvgIpc) is 2.45. The smallest absolute Gasteiger partial charge is 0.236 e. The topological polar surface area (TPSA) is 70.6 Å². The van der Waals surface area contributed by atoms with Crippen molar-refractivity contribution in [2.24, 2.45) is 0 Å². The summed E-state index contributed by atoms with van der Waals surface area (Å²) in [6.07, 6.45) is -0.696. The van der Waals surface area contributed by atoms with Gasteiger partial charge in [-0.15, -0.1) is 0 Å². The fourth-order valence-corrected chi connectivity index (χ4v) is 1.70. The summed E-state index contributed by atoms with van der Waals surface area (Å²) in [4.78, 5) is 11.3. The Balaban J connectivity index is 2.34. The maximum atomic E-state index is 11.3. The maximum absolute atomic E-state index is 11.3. The quantitative estimate of drug-likeness (QED) is 0.705. The van der Waals surface area contributed by atoms with Gasteiger partial charge in [-0.25, -0.2) is 0 Å². The normalized spacial score (nSPS) is 13.7. The van der Waals surface area contributed by atoms with E-state index in [0.717, 1.165) is 5.56 Å². The number of hydrogen-bond acceptors (Lipinski definition) is 4. The molecule has 0 heterocycles. The van der Waals surface area contributed by atoms with Crippen LogP contribution in [0.25, 0.3) is 0 Å². The number of ether oxygens (including phenoxy) is 1. The maximum Gasteiger partial charge on any atom is 0.236 e. The van der Waals surface area contributed by atoms with Crippen LogP contribution in [-0.4, -0.2) is 43.4 Å². The van der Waals surface area contributed by atoms with Crippen molar-refractivity contribution in [1.82, 2.24) is 10.6 Å². The molecular weight excluding hydrogens is 280 g/mol. The molecule has 0 aliphatic carbocycles. The second-order valence-electron chi connectivity index (χ2n) is 4.62. The Hall–Kier alpha value is -1.30. The first-order chi connectivity index (χ1) is 9.43. The second kappa shape index (κ2) is 8.09. The van der Waals surface area contributed by atoms with Crippen molar-refractivity contribution in [3.05, 3.63) is 28.8 Å². The van der Waals surface area contributed by atoms with Crippen LogP contribution in [0.2, 0.25) is 5.02 Å². The van der Waals surface area contributed by atoms with E-state index in [9.17, 15) is 9.90 Å². The van der Waals surface area contributed by atoms with Crippen LogP contribution in [0.3, 0.4) is 0 Å². The van der Waals surface area contributed by atoms with Crippen molar-refractivity contribution in [2.75, 3.05) is 20.2 Å². The van der Waals surface area contributed by atoms with Crippen molar-refractivity contribution in [2.45, 2.75) is 26.0 Å². The van der Waals surface area contributed by atoms with Gasteiger partial charge in [0.05, 0.1) is 6.04 Å². The number of likely N-dealkylation sites (N-methyl/N-ethyl adjacent to an activating group) is 1. The lowest BCUT2D eigenvalue weighted by molar-refractivity contribution is -0.122. The zero-order valence-corrected chi connectivity index (χ0v) is 12.7. The third kappa shape index (κ3) is 5.36. The van der Waals surface area contributed by atoms with E-state index in [1.165, 1.54) is 0 Å². The molecule has 1 aromatic rings. The number of amides is 1. The Morgan fingerprint density at radius 3 is 2.80 bits per heavy atom. The number of aryl methyl sites for hydroxylation is 1. The first-order valence-corrected chi connectivity index (χ1v) is 6.83. The first kappa shape index (κ1) is 16.8. The van der Waals surface area contributed by atoms with Gasteiger partial charge in [0, 0.05) is 18.6 Å². The largest absolute Gasteiger partial charge is 0.491 e. The molecule has 2 unspecified atom stereocenters. The van der Waals surface area contributed by atoms with E-state index in [1.807, 2.05) is 13.0 Å². The predicted molar refractivity (Wildman–Crippen MR) is 79.2 cm³/mol. The Morgan fingerprint density at radius 1 is 1.50 bits per heavy atom. The minimum atomic E-state index is -0.696. The number of halogens is 1. The highest BCUT2D eigenvalue weighted by Gasteiger charge is 2.13. The molecule has 0 saturated heterocycles. The van der Waals surface area contributed by atoms with Gasteiger partial charge in [-0.05, 0) is 37.6 Å². The fraction of sp³-hybridized carbons (Fsp3) is 0.500. The third-order valence-corrected chi connectivity index (χ3v) is 3.30. The van der Waals surface area contributed by atoms with Gasteiger partial charge in [-0.2, -0.15) is 0 Å². The molecule has 0 aliphatic rings. The van der Waals surface area contributed by atoms with E-state index in [1.54, 1.807) is 26.1 Å². The number of carbonyl (C=O) groups excluding carboxylic acids is 1. The Labute approximate surface area is 124 Å². The molecule has 5 nitrogen and oxygen atoms in total. The van der Waals surface area contributed by atoms with Gasteiger partial charge in [0.15, 0.2) is 0 Å². The summed E-state index contributed by atoms with van der Waals surface area (Å²) in [6, 6.07) is 4.97. The van der Waals surface area contributed by atoms with E-state index < -0.39 is 6.10 Å². The molecule has 0 spiro atoms. The SMILES string of the molecule is CNC(=O)C(C)NCC(O)COc1ccc(Cl)c(C)c1. The van der Waals surface area contributed by atoms with Crippen LogP contribution in [0, 0.1) is 6.92 Å².